The third-order valence-corrected chi connectivity index (χ3v) is 8.62. The van der Waals surface area contributed by atoms with Gasteiger partial charge < -0.3 is 30.4 Å². The number of pyridine rings is 1. The van der Waals surface area contributed by atoms with Crippen LogP contribution in [0.25, 0.3) is 0 Å². The number of ether oxygens (including phenoxy) is 2. The van der Waals surface area contributed by atoms with Gasteiger partial charge in [0.15, 0.2) is 0 Å². The molecule has 38 heavy (non-hydrogen) atoms. The standard InChI is InChI=1S/C28H38N6O4/c29-23-9-19(3-4-24(23)32-30)27(35)33-12-21-14-34(15-22(21)13-33)28(36)20-10-25(18-1-2-18)31-26(11-20)38-16-17-5-7-37-8-6-17/h10-11,17-19,32H,1-9,12-16,29-30H2. The van der Waals surface area contributed by atoms with Gasteiger partial charge in [-0.1, -0.05) is 0 Å². The van der Waals surface area contributed by atoms with Crippen LogP contribution in [0.5, 0.6) is 5.88 Å². The normalized spacial score (nSPS) is 24.2. The van der Waals surface area contributed by atoms with Crippen molar-refractivity contribution < 1.29 is 19.1 Å². The molecule has 0 radical (unpaired) electrons. The quantitative estimate of drug-likeness (QED) is 0.280. The zero-order valence-corrected chi connectivity index (χ0v) is 21.9. The highest BCUT2D eigenvalue weighted by molar-refractivity contribution is 5.95. The van der Waals surface area contributed by atoms with Gasteiger partial charge in [0.2, 0.25) is 11.8 Å². The van der Waals surface area contributed by atoms with Gasteiger partial charge in [-0.2, -0.15) is 0 Å². The summed E-state index contributed by atoms with van der Waals surface area (Å²) in [5.41, 5.74) is 14.2. The Morgan fingerprint density at radius 1 is 1.03 bits per heavy atom. The van der Waals surface area contributed by atoms with Crippen LogP contribution in [0.4, 0.5) is 0 Å². The Morgan fingerprint density at radius 2 is 1.74 bits per heavy atom. The number of nitrogens with zero attached hydrogens (tertiary/aromatic N) is 3. The zero-order chi connectivity index (χ0) is 26.2. The third kappa shape index (κ3) is 5.24. The van der Waals surface area contributed by atoms with Crippen molar-refractivity contribution in [3.05, 3.63) is 45.9 Å². The Hall–Kier alpha value is -3.11. The molecule has 1 aromatic heterocycles. The number of carbonyl (C=O) groups excluding carboxylic acids is 2. The lowest BCUT2D eigenvalue weighted by molar-refractivity contribution is -0.134. The second-order valence-electron chi connectivity index (χ2n) is 11.4. The first-order chi connectivity index (χ1) is 18.5. The first kappa shape index (κ1) is 25.2. The Balaban J connectivity index is 1.07. The maximum atomic E-state index is 13.6. The second kappa shape index (κ2) is 10.6. The smallest absolute Gasteiger partial charge is 0.254 e. The molecule has 5 aliphatic rings. The highest BCUT2D eigenvalue weighted by atomic mass is 16.5. The van der Waals surface area contributed by atoms with E-state index in [2.05, 4.69) is 5.43 Å². The van der Waals surface area contributed by atoms with Crippen LogP contribution in [0.3, 0.4) is 0 Å². The molecule has 6 rings (SSSR count). The number of hydrazine groups is 1. The summed E-state index contributed by atoms with van der Waals surface area (Å²) in [5.74, 6) is 7.00. The van der Waals surface area contributed by atoms with Gasteiger partial charge in [0.05, 0.1) is 6.61 Å². The van der Waals surface area contributed by atoms with Gasteiger partial charge in [-0.25, -0.2) is 4.98 Å². The number of carbonyl (C=O) groups is 2. The lowest BCUT2D eigenvalue weighted by Gasteiger charge is -2.29. The molecule has 10 heteroatoms. The number of hydrogen-bond donors (Lipinski definition) is 3. The molecule has 10 nitrogen and oxygen atoms in total. The minimum Gasteiger partial charge on any atom is -0.477 e. The summed E-state index contributed by atoms with van der Waals surface area (Å²) in [6.45, 7) is 4.46. The molecule has 1 atom stereocenters. The third-order valence-electron chi connectivity index (χ3n) is 8.62. The van der Waals surface area contributed by atoms with Gasteiger partial charge in [-0.15, -0.1) is 0 Å². The molecule has 3 aliphatic heterocycles. The number of aromatic nitrogens is 1. The summed E-state index contributed by atoms with van der Waals surface area (Å²) in [7, 11) is 0. The summed E-state index contributed by atoms with van der Waals surface area (Å²) >= 11 is 0. The zero-order valence-electron chi connectivity index (χ0n) is 21.9. The molecule has 2 amide bonds. The van der Waals surface area contributed by atoms with Crippen molar-refractivity contribution in [2.75, 3.05) is 46.0 Å². The van der Waals surface area contributed by atoms with Crippen LogP contribution in [0.1, 0.15) is 66.9 Å². The Labute approximate surface area is 223 Å². The van der Waals surface area contributed by atoms with Crippen molar-refractivity contribution in [3.8, 4) is 5.88 Å². The predicted octanol–water partition coefficient (Wildman–Crippen LogP) is 1.79. The lowest BCUT2D eigenvalue weighted by Crippen LogP contribution is -2.41. The lowest BCUT2D eigenvalue weighted by atomic mass is 9.89. The summed E-state index contributed by atoms with van der Waals surface area (Å²) in [5, 5.41) is 0. The topological polar surface area (TPSA) is 136 Å². The van der Waals surface area contributed by atoms with E-state index < -0.39 is 0 Å². The van der Waals surface area contributed by atoms with Gasteiger partial charge in [-0.05, 0) is 61.7 Å². The van der Waals surface area contributed by atoms with Gasteiger partial charge in [0.1, 0.15) is 0 Å². The number of rotatable bonds is 7. The van der Waals surface area contributed by atoms with Crippen molar-refractivity contribution in [3.63, 3.8) is 0 Å². The molecule has 0 bridgehead atoms. The van der Waals surface area contributed by atoms with Crippen molar-refractivity contribution in [2.45, 2.75) is 50.9 Å². The van der Waals surface area contributed by atoms with Gasteiger partial charge in [-0.3, -0.25) is 15.4 Å². The average Bonchev–Trinajstić information content (AvgIpc) is 3.61. The number of hydrogen-bond acceptors (Lipinski definition) is 8. The van der Waals surface area contributed by atoms with Gasteiger partial charge >= 0.3 is 0 Å². The first-order valence-electron chi connectivity index (χ1n) is 13.9. The molecule has 2 fully saturated rings. The Morgan fingerprint density at radius 3 is 2.39 bits per heavy atom. The SMILES string of the molecule is NNC1=C(N)CC(C(=O)N2CC3=C(CN(C(=O)c4cc(OCC5CCOCC5)nc(C5CC5)c4)C3)C2)CC1. The van der Waals surface area contributed by atoms with Crippen molar-refractivity contribution in [1.29, 1.82) is 0 Å². The van der Waals surface area contributed by atoms with Crippen LogP contribution in [-0.4, -0.2) is 72.6 Å². The minimum absolute atomic E-state index is 0.00416. The molecular weight excluding hydrogens is 484 g/mol. The Bertz CT molecular complexity index is 1150. The number of amides is 2. The van der Waals surface area contributed by atoms with Crippen LogP contribution >= 0.6 is 0 Å². The molecule has 1 saturated carbocycles. The van der Waals surface area contributed by atoms with E-state index in [9.17, 15) is 9.59 Å². The largest absolute Gasteiger partial charge is 0.477 e. The molecule has 4 heterocycles. The fourth-order valence-electron chi connectivity index (χ4n) is 6.09. The van der Waals surface area contributed by atoms with Crippen molar-refractivity contribution in [2.24, 2.45) is 23.4 Å². The fraction of sp³-hybridized carbons (Fsp3) is 0.607. The molecule has 1 aromatic rings. The van der Waals surface area contributed by atoms with E-state index in [1.54, 1.807) is 6.07 Å². The average molecular weight is 523 g/mol. The van der Waals surface area contributed by atoms with E-state index >= 15 is 0 Å². The number of nitrogens with one attached hydrogen (secondary N) is 1. The van der Waals surface area contributed by atoms with E-state index in [0.717, 1.165) is 56.7 Å². The molecule has 1 saturated heterocycles. The first-order valence-corrected chi connectivity index (χ1v) is 13.9. The monoisotopic (exact) mass is 522 g/mol. The molecule has 1 unspecified atom stereocenters. The van der Waals surface area contributed by atoms with Crippen molar-refractivity contribution in [1.82, 2.24) is 20.2 Å². The summed E-state index contributed by atoms with van der Waals surface area (Å²) in [4.78, 5) is 35.3. The van der Waals surface area contributed by atoms with E-state index in [0.29, 0.717) is 74.6 Å². The minimum atomic E-state index is -0.109. The maximum absolute atomic E-state index is 13.6. The summed E-state index contributed by atoms with van der Waals surface area (Å²) in [6, 6.07) is 3.75. The number of nitrogens with two attached hydrogens (primary N) is 2. The maximum Gasteiger partial charge on any atom is 0.254 e. The van der Waals surface area contributed by atoms with Crippen LogP contribution < -0.4 is 21.7 Å². The highest BCUT2D eigenvalue weighted by Gasteiger charge is 2.38. The highest BCUT2D eigenvalue weighted by Crippen LogP contribution is 2.40. The summed E-state index contributed by atoms with van der Waals surface area (Å²) in [6.07, 6.45) is 6.19. The Kier molecular flexibility index (Phi) is 7.01. The molecule has 0 spiro atoms. The van der Waals surface area contributed by atoms with E-state index in [-0.39, 0.29) is 17.7 Å². The second-order valence-corrected chi connectivity index (χ2v) is 11.4. The molecular formula is C28H38N6O4. The summed E-state index contributed by atoms with van der Waals surface area (Å²) < 4.78 is 11.5. The van der Waals surface area contributed by atoms with E-state index in [1.165, 1.54) is 11.1 Å². The molecule has 204 valence electrons. The number of allylic oxidation sites excluding steroid dienone is 2. The molecule has 2 aliphatic carbocycles. The van der Waals surface area contributed by atoms with Crippen molar-refractivity contribution >= 4 is 11.8 Å². The molecule has 0 aromatic carbocycles. The van der Waals surface area contributed by atoms with E-state index in [1.807, 2.05) is 15.9 Å². The molecule has 5 N–H and O–H groups in total. The van der Waals surface area contributed by atoms with Gasteiger partial charge in [0, 0.05) is 86.4 Å². The van der Waals surface area contributed by atoms with E-state index in [4.69, 9.17) is 26.0 Å². The van der Waals surface area contributed by atoms with Crippen LogP contribution in [0.15, 0.2) is 34.7 Å². The fourth-order valence-corrected chi connectivity index (χ4v) is 6.09. The van der Waals surface area contributed by atoms with Gasteiger partial charge in [0.25, 0.3) is 5.91 Å². The predicted molar refractivity (Wildman–Crippen MR) is 141 cm³/mol. The van der Waals surface area contributed by atoms with Crippen LogP contribution in [-0.2, 0) is 9.53 Å². The van der Waals surface area contributed by atoms with Crippen LogP contribution in [0, 0.1) is 11.8 Å². The van der Waals surface area contributed by atoms with Crippen LogP contribution in [0.2, 0.25) is 0 Å².